The SMILES string of the molecule is CCCCC/C=C\C/C=C\CC1OC1C/C=C\CCCC(=O)OC[C@@H](O)COC(=O)CCCCCCCCCCCCCCCCC(C)C. The van der Waals surface area contributed by atoms with Gasteiger partial charge < -0.3 is 19.3 Å². The second-order valence-electron chi connectivity index (χ2n) is 14.6. The fourth-order valence-corrected chi connectivity index (χ4v) is 5.95. The van der Waals surface area contributed by atoms with Crippen molar-refractivity contribution in [2.24, 2.45) is 5.92 Å². The van der Waals surface area contributed by atoms with E-state index in [0.29, 0.717) is 31.5 Å². The molecule has 0 saturated carbocycles. The van der Waals surface area contributed by atoms with Gasteiger partial charge >= 0.3 is 11.9 Å². The number of rotatable bonds is 35. The Labute approximate surface area is 301 Å². The van der Waals surface area contributed by atoms with Crippen molar-refractivity contribution in [2.45, 2.75) is 206 Å². The van der Waals surface area contributed by atoms with E-state index in [2.05, 4.69) is 57.2 Å². The number of ether oxygens (including phenoxy) is 3. The van der Waals surface area contributed by atoms with Gasteiger partial charge in [-0.05, 0) is 57.3 Å². The lowest BCUT2D eigenvalue weighted by atomic mass is 10.0. The van der Waals surface area contributed by atoms with Crippen LogP contribution in [-0.2, 0) is 23.8 Å². The van der Waals surface area contributed by atoms with Crippen LogP contribution in [0.1, 0.15) is 188 Å². The van der Waals surface area contributed by atoms with E-state index in [1.165, 1.54) is 103 Å². The fourth-order valence-electron chi connectivity index (χ4n) is 5.95. The third kappa shape index (κ3) is 31.8. The van der Waals surface area contributed by atoms with E-state index in [9.17, 15) is 14.7 Å². The zero-order chi connectivity index (χ0) is 35.6. The largest absolute Gasteiger partial charge is 0.463 e. The van der Waals surface area contributed by atoms with E-state index in [1.54, 1.807) is 0 Å². The predicted octanol–water partition coefficient (Wildman–Crippen LogP) is 11.7. The maximum atomic E-state index is 12.0. The molecule has 1 fully saturated rings. The summed E-state index contributed by atoms with van der Waals surface area (Å²) >= 11 is 0. The topological polar surface area (TPSA) is 85.4 Å². The minimum absolute atomic E-state index is 0.136. The summed E-state index contributed by atoms with van der Waals surface area (Å²) in [5, 5.41) is 10.0. The molecule has 0 aliphatic carbocycles. The molecule has 0 radical (unpaired) electrons. The molecule has 1 heterocycles. The van der Waals surface area contributed by atoms with Crippen LogP contribution < -0.4 is 0 Å². The summed E-state index contributed by atoms with van der Waals surface area (Å²) in [4.78, 5) is 24.0. The Balaban J connectivity index is 1.85. The zero-order valence-electron chi connectivity index (χ0n) is 32.1. The van der Waals surface area contributed by atoms with Crippen LogP contribution in [0, 0.1) is 5.92 Å². The summed E-state index contributed by atoms with van der Waals surface area (Å²) in [6.07, 6.45) is 42.3. The highest BCUT2D eigenvalue weighted by Gasteiger charge is 2.35. The Kier molecular flexibility index (Phi) is 30.6. The van der Waals surface area contributed by atoms with Crippen LogP contribution in [0.5, 0.6) is 0 Å². The van der Waals surface area contributed by atoms with Crippen molar-refractivity contribution in [1.82, 2.24) is 0 Å². The number of aliphatic hydroxyl groups excluding tert-OH is 1. The molecule has 49 heavy (non-hydrogen) atoms. The molecule has 284 valence electrons. The van der Waals surface area contributed by atoms with Crippen molar-refractivity contribution in [3.05, 3.63) is 36.5 Å². The summed E-state index contributed by atoms with van der Waals surface area (Å²) in [6.45, 7) is 6.57. The molecule has 0 aromatic heterocycles. The van der Waals surface area contributed by atoms with Crippen LogP contribution in [0.2, 0.25) is 0 Å². The first-order valence-corrected chi connectivity index (χ1v) is 20.5. The normalized spacial score (nSPS) is 16.8. The minimum Gasteiger partial charge on any atom is -0.463 e. The number of allylic oxidation sites excluding steroid dienone is 4. The predicted molar refractivity (Wildman–Crippen MR) is 205 cm³/mol. The van der Waals surface area contributed by atoms with E-state index >= 15 is 0 Å². The minimum atomic E-state index is -0.990. The highest BCUT2D eigenvalue weighted by Crippen LogP contribution is 2.29. The molecule has 2 unspecified atom stereocenters. The molecule has 1 aliphatic heterocycles. The summed E-state index contributed by atoms with van der Waals surface area (Å²) in [6, 6.07) is 0. The van der Waals surface area contributed by atoms with Crippen molar-refractivity contribution in [3.63, 3.8) is 0 Å². The molecular formula is C43H76O6. The lowest BCUT2D eigenvalue weighted by Crippen LogP contribution is -2.25. The molecular weight excluding hydrogens is 612 g/mol. The highest BCUT2D eigenvalue weighted by atomic mass is 16.6. The van der Waals surface area contributed by atoms with Gasteiger partial charge in [0.25, 0.3) is 0 Å². The molecule has 0 spiro atoms. The van der Waals surface area contributed by atoms with Gasteiger partial charge in [-0.2, -0.15) is 0 Å². The first-order chi connectivity index (χ1) is 23.9. The summed E-state index contributed by atoms with van der Waals surface area (Å²) in [5.74, 6) is 0.215. The van der Waals surface area contributed by atoms with Gasteiger partial charge in [0.1, 0.15) is 19.3 Å². The number of hydrogen-bond acceptors (Lipinski definition) is 6. The molecule has 6 heteroatoms. The van der Waals surface area contributed by atoms with Crippen LogP contribution in [0.4, 0.5) is 0 Å². The molecule has 1 saturated heterocycles. The standard InChI is InChI=1S/C43H76O6/c1-4-5-6-7-8-15-19-22-27-32-40-41(49-40)33-28-24-25-30-35-43(46)48-37-39(44)36-47-42(45)34-29-23-20-17-14-12-10-9-11-13-16-18-21-26-31-38(2)3/h8,15,22,24,27-28,38-41,44H,4-7,9-14,16-21,23,25-26,29-37H2,1-3H3/b15-8-,27-22-,28-24-/t39-,40?,41?/m0/s1. The summed E-state index contributed by atoms with van der Waals surface area (Å²) in [5.41, 5.74) is 0. The third-order valence-corrected chi connectivity index (χ3v) is 9.21. The molecule has 1 N–H and O–H groups in total. The van der Waals surface area contributed by atoms with Crippen molar-refractivity contribution in [1.29, 1.82) is 0 Å². The van der Waals surface area contributed by atoms with E-state index < -0.39 is 6.10 Å². The van der Waals surface area contributed by atoms with E-state index in [4.69, 9.17) is 14.2 Å². The van der Waals surface area contributed by atoms with Gasteiger partial charge in [-0.25, -0.2) is 0 Å². The van der Waals surface area contributed by atoms with Gasteiger partial charge in [-0.1, -0.05) is 160 Å². The monoisotopic (exact) mass is 689 g/mol. The highest BCUT2D eigenvalue weighted by molar-refractivity contribution is 5.69. The second kappa shape index (κ2) is 33.2. The Morgan fingerprint density at radius 2 is 1.04 bits per heavy atom. The number of carbonyl (C=O) groups excluding carboxylic acids is 2. The van der Waals surface area contributed by atoms with Crippen LogP contribution in [-0.4, -0.2) is 48.6 Å². The van der Waals surface area contributed by atoms with Gasteiger partial charge in [-0.15, -0.1) is 0 Å². The molecule has 1 aliphatic rings. The van der Waals surface area contributed by atoms with Crippen LogP contribution >= 0.6 is 0 Å². The van der Waals surface area contributed by atoms with Crippen molar-refractivity contribution in [3.8, 4) is 0 Å². The molecule has 3 atom stereocenters. The van der Waals surface area contributed by atoms with E-state index in [0.717, 1.165) is 50.9 Å². The smallest absolute Gasteiger partial charge is 0.305 e. The summed E-state index contributed by atoms with van der Waals surface area (Å²) < 4.78 is 16.1. The molecule has 1 rings (SSSR count). The van der Waals surface area contributed by atoms with Crippen LogP contribution in [0.3, 0.4) is 0 Å². The van der Waals surface area contributed by atoms with Crippen LogP contribution in [0.15, 0.2) is 36.5 Å². The maximum absolute atomic E-state index is 12.0. The van der Waals surface area contributed by atoms with E-state index in [-0.39, 0.29) is 25.2 Å². The van der Waals surface area contributed by atoms with Crippen LogP contribution in [0.25, 0.3) is 0 Å². The average molecular weight is 689 g/mol. The molecule has 0 bridgehead atoms. The maximum Gasteiger partial charge on any atom is 0.305 e. The van der Waals surface area contributed by atoms with Gasteiger partial charge in [0, 0.05) is 12.8 Å². The lowest BCUT2D eigenvalue weighted by Gasteiger charge is -2.12. The van der Waals surface area contributed by atoms with Crippen molar-refractivity contribution < 1.29 is 28.9 Å². The first kappa shape index (κ1) is 45.1. The number of esters is 2. The number of hydrogen-bond donors (Lipinski definition) is 1. The number of unbranched alkanes of at least 4 members (excludes halogenated alkanes) is 17. The molecule has 0 aromatic rings. The Bertz CT molecular complexity index is 862. The van der Waals surface area contributed by atoms with E-state index in [1.807, 2.05) is 0 Å². The Hall–Kier alpha value is -1.92. The summed E-state index contributed by atoms with van der Waals surface area (Å²) in [7, 11) is 0. The molecule has 0 amide bonds. The lowest BCUT2D eigenvalue weighted by molar-refractivity contribution is -0.152. The Morgan fingerprint density at radius 3 is 1.59 bits per heavy atom. The second-order valence-corrected chi connectivity index (χ2v) is 14.6. The third-order valence-electron chi connectivity index (χ3n) is 9.21. The van der Waals surface area contributed by atoms with Gasteiger partial charge in [-0.3, -0.25) is 9.59 Å². The van der Waals surface area contributed by atoms with Gasteiger partial charge in [0.2, 0.25) is 0 Å². The zero-order valence-corrected chi connectivity index (χ0v) is 32.1. The van der Waals surface area contributed by atoms with Gasteiger partial charge in [0.15, 0.2) is 0 Å². The first-order valence-electron chi connectivity index (χ1n) is 20.5. The fraction of sp³-hybridized carbons (Fsp3) is 0.814. The van der Waals surface area contributed by atoms with Crippen molar-refractivity contribution >= 4 is 11.9 Å². The van der Waals surface area contributed by atoms with Crippen molar-refractivity contribution in [2.75, 3.05) is 13.2 Å². The molecule has 0 aromatic carbocycles. The number of carbonyl (C=O) groups is 2. The number of aliphatic hydroxyl groups is 1. The number of epoxide rings is 1. The van der Waals surface area contributed by atoms with Gasteiger partial charge in [0.05, 0.1) is 12.2 Å². The average Bonchev–Trinajstić information content (AvgIpc) is 3.84. The quantitative estimate of drug-likeness (QED) is 0.0309. The Morgan fingerprint density at radius 1 is 0.592 bits per heavy atom. The molecule has 6 nitrogen and oxygen atoms in total.